The van der Waals surface area contributed by atoms with Crippen molar-refractivity contribution in [3.63, 3.8) is 0 Å². The number of anilines is 1. The number of nitrogens with zero attached hydrogens (tertiary/aromatic N) is 3. The molecule has 1 aromatic heterocycles. The molecule has 27 heavy (non-hydrogen) atoms. The number of rotatable bonds is 4. The van der Waals surface area contributed by atoms with Crippen LogP contribution < -0.4 is 14.8 Å². The number of hydrogen-bond acceptors (Lipinski definition) is 5. The predicted molar refractivity (Wildman–Crippen MR) is 111 cm³/mol. The number of benzene rings is 2. The van der Waals surface area contributed by atoms with Crippen molar-refractivity contribution in [1.29, 1.82) is 0 Å². The molecule has 0 aliphatic heterocycles. The maximum absolute atomic E-state index is 11.7. The van der Waals surface area contributed by atoms with Crippen molar-refractivity contribution in [2.75, 3.05) is 19.0 Å². The smallest absolute Gasteiger partial charge is 0.239 e. The zero-order valence-electron chi connectivity index (χ0n) is 15.0. The first-order valence-corrected chi connectivity index (χ1v) is 10.8. The molecule has 0 saturated carbocycles. The Kier molecular flexibility index (Phi) is 5.43. The summed E-state index contributed by atoms with van der Waals surface area (Å²) >= 11 is 7.44. The molecular weight excluding hydrogens is 404 g/mol. The predicted octanol–water partition coefficient (Wildman–Crippen LogP) is 3.35. The topological polar surface area (TPSA) is 80.7 Å². The second-order valence-electron chi connectivity index (χ2n) is 6.18. The van der Waals surface area contributed by atoms with Gasteiger partial charge in [-0.1, -0.05) is 23.7 Å². The molecule has 2 N–H and O–H groups in total. The average molecular weight is 423 g/mol. The van der Waals surface area contributed by atoms with Crippen LogP contribution in [0.4, 0.5) is 11.4 Å². The van der Waals surface area contributed by atoms with E-state index in [4.69, 9.17) is 21.7 Å². The lowest BCUT2D eigenvalue weighted by Crippen LogP contribution is -2.14. The molecule has 0 radical (unpaired) electrons. The van der Waals surface area contributed by atoms with Crippen LogP contribution in [0.5, 0.6) is 0 Å². The van der Waals surface area contributed by atoms with E-state index in [0.717, 1.165) is 21.9 Å². The molecule has 3 aromatic rings. The first kappa shape index (κ1) is 19.6. The Morgan fingerprint density at radius 2 is 1.93 bits per heavy atom. The summed E-state index contributed by atoms with van der Waals surface area (Å²) in [6, 6.07) is 12.7. The minimum Gasteiger partial charge on any atom is -0.378 e. The Labute approximate surface area is 167 Å². The number of sulfonamides is 1. The van der Waals surface area contributed by atoms with E-state index in [0.29, 0.717) is 5.56 Å². The van der Waals surface area contributed by atoms with Crippen LogP contribution >= 0.6 is 22.9 Å². The monoisotopic (exact) mass is 422 g/mol. The summed E-state index contributed by atoms with van der Waals surface area (Å²) in [6.07, 6.45) is 0. The highest BCUT2D eigenvalue weighted by Crippen LogP contribution is 2.28. The van der Waals surface area contributed by atoms with Crippen molar-refractivity contribution >= 4 is 44.3 Å². The molecule has 2 aromatic carbocycles. The molecule has 0 spiro atoms. The first-order valence-electron chi connectivity index (χ1n) is 7.96. The van der Waals surface area contributed by atoms with Gasteiger partial charge in [0.25, 0.3) is 0 Å². The summed E-state index contributed by atoms with van der Waals surface area (Å²) in [6.45, 7) is 0. The lowest BCUT2D eigenvalue weighted by atomic mass is 10.2. The van der Waals surface area contributed by atoms with Crippen LogP contribution in [0.1, 0.15) is 0 Å². The largest absolute Gasteiger partial charge is 0.378 e. The lowest BCUT2D eigenvalue weighted by molar-refractivity contribution is 0.598. The molecule has 1 heterocycles. The van der Waals surface area contributed by atoms with Gasteiger partial charge in [0.15, 0.2) is 4.80 Å². The Bertz CT molecular complexity index is 1160. The summed E-state index contributed by atoms with van der Waals surface area (Å²) in [5.74, 6) is 0. The fourth-order valence-electron chi connectivity index (χ4n) is 2.56. The van der Waals surface area contributed by atoms with Gasteiger partial charge < -0.3 is 9.47 Å². The molecule has 0 bridgehead atoms. The zero-order valence-corrected chi connectivity index (χ0v) is 17.4. The van der Waals surface area contributed by atoms with E-state index in [1.54, 1.807) is 6.07 Å². The van der Waals surface area contributed by atoms with Gasteiger partial charge in [-0.05, 0) is 30.3 Å². The van der Waals surface area contributed by atoms with Crippen LogP contribution in [0, 0.1) is 0 Å². The lowest BCUT2D eigenvalue weighted by Gasteiger charge is -2.12. The maximum Gasteiger partial charge on any atom is 0.239 e. The van der Waals surface area contributed by atoms with Gasteiger partial charge in [0.2, 0.25) is 10.0 Å². The molecular formula is C18H19ClN4O2S2. The van der Waals surface area contributed by atoms with E-state index in [1.165, 1.54) is 23.5 Å². The number of hydrogen-bond donors (Lipinski definition) is 1. The number of aromatic nitrogens is 1. The van der Waals surface area contributed by atoms with Crippen LogP contribution in [0.3, 0.4) is 0 Å². The SMILES string of the molecule is CN(C)c1cccc(N=c2scc(-c3ccc(Cl)c(S(N)(=O)=O)c3)n2C)c1. The number of nitrogens with two attached hydrogens (primary N) is 1. The minimum absolute atomic E-state index is 0.0926. The highest BCUT2D eigenvalue weighted by molar-refractivity contribution is 7.89. The summed E-state index contributed by atoms with van der Waals surface area (Å²) < 4.78 is 25.4. The van der Waals surface area contributed by atoms with Crippen molar-refractivity contribution in [2.45, 2.75) is 4.90 Å². The molecule has 0 aliphatic carbocycles. The normalized spacial score (nSPS) is 12.4. The van der Waals surface area contributed by atoms with Gasteiger partial charge in [0, 0.05) is 37.8 Å². The molecule has 142 valence electrons. The van der Waals surface area contributed by atoms with E-state index < -0.39 is 10.0 Å². The Morgan fingerprint density at radius 3 is 2.59 bits per heavy atom. The van der Waals surface area contributed by atoms with E-state index in [2.05, 4.69) is 0 Å². The average Bonchev–Trinajstić information content (AvgIpc) is 2.95. The molecule has 9 heteroatoms. The van der Waals surface area contributed by atoms with Gasteiger partial charge in [-0.25, -0.2) is 18.5 Å². The first-order chi connectivity index (χ1) is 12.7. The maximum atomic E-state index is 11.7. The standard InChI is InChI=1S/C18H19ClN4O2S2/c1-22(2)14-6-4-5-13(10-14)21-18-23(3)16(11-26-18)12-7-8-15(19)17(9-12)27(20,24)25/h4-11H,1-3H3,(H2,20,24,25). The van der Waals surface area contributed by atoms with Gasteiger partial charge in [-0.3, -0.25) is 0 Å². The van der Waals surface area contributed by atoms with Gasteiger partial charge in [0.05, 0.1) is 16.4 Å². The fourth-order valence-corrected chi connectivity index (χ4v) is 4.56. The third kappa shape index (κ3) is 4.24. The third-order valence-corrected chi connectivity index (χ3v) is 6.34. The molecule has 3 rings (SSSR count). The van der Waals surface area contributed by atoms with Gasteiger partial charge in [-0.2, -0.15) is 0 Å². The van der Waals surface area contributed by atoms with Crippen LogP contribution in [0.2, 0.25) is 5.02 Å². The van der Waals surface area contributed by atoms with E-state index in [1.807, 2.05) is 60.3 Å². The van der Waals surface area contributed by atoms with Crippen molar-refractivity contribution in [2.24, 2.45) is 17.2 Å². The summed E-state index contributed by atoms with van der Waals surface area (Å²) in [7, 11) is 1.94. The van der Waals surface area contributed by atoms with Crippen molar-refractivity contribution in [1.82, 2.24) is 4.57 Å². The fraction of sp³-hybridized carbons (Fsp3) is 0.167. The van der Waals surface area contributed by atoms with Crippen molar-refractivity contribution in [3.8, 4) is 11.3 Å². The second kappa shape index (κ2) is 7.47. The second-order valence-corrected chi connectivity index (χ2v) is 8.95. The Morgan fingerprint density at radius 1 is 1.19 bits per heavy atom. The molecule has 0 saturated heterocycles. The van der Waals surface area contributed by atoms with Gasteiger partial charge in [-0.15, -0.1) is 11.3 Å². The minimum atomic E-state index is -3.90. The van der Waals surface area contributed by atoms with E-state index in [9.17, 15) is 8.42 Å². The van der Waals surface area contributed by atoms with Crippen molar-refractivity contribution in [3.05, 3.63) is 57.7 Å². The molecule has 6 nitrogen and oxygen atoms in total. The van der Waals surface area contributed by atoms with Crippen molar-refractivity contribution < 1.29 is 8.42 Å². The van der Waals surface area contributed by atoms with Crippen LogP contribution in [0.15, 0.2) is 57.7 Å². The highest BCUT2D eigenvalue weighted by atomic mass is 35.5. The number of primary sulfonamides is 1. The molecule has 0 aliphatic rings. The molecule has 0 fully saturated rings. The van der Waals surface area contributed by atoms with E-state index >= 15 is 0 Å². The molecule has 0 unspecified atom stereocenters. The van der Waals surface area contributed by atoms with Crippen LogP contribution in [0.25, 0.3) is 11.3 Å². The Hall–Kier alpha value is -2.13. The van der Waals surface area contributed by atoms with Gasteiger partial charge in [0.1, 0.15) is 4.90 Å². The summed E-state index contributed by atoms with van der Waals surface area (Å²) in [5.41, 5.74) is 3.42. The summed E-state index contributed by atoms with van der Waals surface area (Å²) in [4.78, 5) is 7.41. The molecule has 0 atom stereocenters. The summed E-state index contributed by atoms with van der Waals surface area (Å²) in [5, 5.41) is 7.27. The van der Waals surface area contributed by atoms with Crippen LogP contribution in [-0.4, -0.2) is 27.1 Å². The third-order valence-electron chi connectivity index (χ3n) is 4.03. The number of thiazole rings is 1. The Balaban J connectivity index is 2.08. The molecule has 0 amide bonds. The highest BCUT2D eigenvalue weighted by Gasteiger charge is 2.15. The zero-order chi connectivity index (χ0) is 19.8. The van der Waals surface area contributed by atoms with Crippen LogP contribution in [-0.2, 0) is 17.1 Å². The quantitative estimate of drug-likeness (QED) is 0.700. The van der Waals surface area contributed by atoms with Gasteiger partial charge >= 0.3 is 0 Å². The van der Waals surface area contributed by atoms with E-state index in [-0.39, 0.29) is 9.92 Å². The number of halogens is 1.